The number of aryl methyl sites for hydroxylation is 2. The number of anilines is 1. The second kappa shape index (κ2) is 9.57. The van der Waals surface area contributed by atoms with Crippen LogP contribution in [-0.2, 0) is 4.79 Å². The van der Waals surface area contributed by atoms with Gasteiger partial charge in [0.2, 0.25) is 5.91 Å². The second-order valence-electron chi connectivity index (χ2n) is 5.82. The predicted octanol–water partition coefficient (Wildman–Crippen LogP) is 3.31. The minimum absolute atomic E-state index is 0.0112. The van der Waals surface area contributed by atoms with Gasteiger partial charge in [0.25, 0.3) is 0 Å². The van der Waals surface area contributed by atoms with E-state index in [1.807, 2.05) is 30.3 Å². The van der Waals surface area contributed by atoms with Gasteiger partial charge in [-0.15, -0.1) is 0 Å². The number of nitrogens with one attached hydrogen (secondary N) is 2. The minimum atomic E-state index is 0.0112. The summed E-state index contributed by atoms with van der Waals surface area (Å²) < 4.78 is 10.7. The van der Waals surface area contributed by atoms with Crippen molar-refractivity contribution in [2.24, 2.45) is 0 Å². The molecule has 0 bridgehead atoms. The highest BCUT2D eigenvalue weighted by atomic mass is 16.5. The van der Waals surface area contributed by atoms with Crippen molar-refractivity contribution in [3.8, 4) is 11.5 Å². The van der Waals surface area contributed by atoms with Crippen LogP contribution in [0.15, 0.2) is 42.5 Å². The van der Waals surface area contributed by atoms with Gasteiger partial charge in [-0.05, 0) is 49.2 Å². The Bertz CT molecular complexity index is 664. The molecule has 0 spiro atoms. The van der Waals surface area contributed by atoms with E-state index >= 15 is 0 Å². The Morgan fingerprint density at radius 1 is 0.960 bits per heavy atom. The topological polar surface area (TPSA) is 59.6 Å². The van der Waals surface area contributed by atoms with Gasteiger partial charge in [-0.1, -0.05) is 18.2 Å². The number of carbonyl (C=O) groups is 1. The van der Waals surface area contributed by atoms with Crippen molar-refractivity contribution in [2.75, 3.05) is 32.1 Å². The van der Waals surface area contributed by atoms with E-state index in [1.54, 1.807) is 7.11 Å². The summed E-state index contributed by atoms with van der Waals surface area (Å²) >= 11 is 0. The third-order valence-electron chi connectivity index (χ3n) is 3.89. The Balaban J connectivity index is 1.62. The highest BCUT2D eigenvalue weighted by Crippen LogP contribution is 2.19. The summed E-state index contributed by atoms with van der Waals surface area (Å²) in [5.74, 6) is 1.56. The zero-order valence-corrected chi connectivity index (χ0v) is 15.1. The Kier molecular flexibility index (Phi) is 7.14. The first-order valence-corrected chi connectivity index (χ1v) is 8.44. The fourth-order valence-electron chi connectivity index (χ4n) is 2.51. The van der Waals surface area contributed by atoms with Crippen LogP contribution in [0.4, 0.5) is 5.69 Å². The molecule has 0 fully saturated rings. The van der Waals surface area contributed by atoms with Gasteiger partial charge in [0.05, 0.1) is 13.7 Å². The van der Waals surface area contributed by atoms with Crippen LogP contribution in [0.1, 0.15) is 17.5 Å². The molecular weight excluding hydrogens is 316 g/mol. The summed E-state index contributed by atoms with van der Waals surface area (Å²) in [4.78, 5) is 11.9. The lowest BCUT2D eigenvalue weighted by Crippen LogP contribution is -2.29. The highest BCUT2D eigenvalue weighted by molar-refractivity contribution is 5.76. The van der Waals surface area contributed by atoms with Crippen LogP contribution in [0.25, 0.3) is 0 Å². The minimum Gasteiger partial charge on any atom is -0.497 e. The Labute approximate surface area is 149 Å². The van der Waals surface area contributed by atoms with Gasteiger partial charge in [0.1, 0.15) is 18.1 Å². The fourth-order valence-corrected chi connectivity index (χ4v) is 2.51. The average Bonchev–Trinajstić information content (AvgIpc) is 2.62. The Morgan fingerprint density at radius 3 is 2.24 bits per heavy atom. The Hall–Kier alpha value is -2.69. The van der Waals surface area contributed by atoms with Crippen LogP contribution in [0.5, 0.6) is 11.5 Å². The number of methoxy groups -OCH3 is 1. The molecule has 0 unspecified atom stereocenters. The normalized spacial score (nSPS) is 10.2. The van der Waals surface area contributed by atoms with Gasteiger partial charge >= 0.3 is 0 Å². The fraction of sp³-hybridized carbons (Fsp3) is 0.350. The maximum atomic E-state index is 11.9. The van der Waals surface area contributed by atoms with E-state index in [0.717, 1.165) is 17.2 Å². The standard InChI is InChI=1S/C20H26N2O3/c1-15-5-4-6-16(2)20(15)22-12-11-19(23)21-13-14-25-18-9-7-17(24-3)8-10-18/h4-10,22H,11-14H2,1-3H3,(H,21,23). The molecule has 0 atom stereocenters. The molecule has 2 N–H and O–H groups in total. The SMILES string of the molecule is COc1ccc(OCCNC(=O)CCNc2c(C)cccc2C)cc1. The van der Waals surface area contributed by atoms with E-state index in [2.05, 4.69) is 36.6 Å². The number of para-hydroxylation sites is 1. The third kappa shape index (κ3) is 6.03. The number of amides is 1. The summed E-state index contributed by atoms with van der Waals surface area (Å²) in [5.41, 5.74) is 3.49. The van der Waals surface area contributed by atoms with E-state index in [1.165, 1.54) is 11.1 Å². The molecule has 0 aliphatic rings. The van der Waals surface area contributed by atoms with Gasteiger partial charge in [0.15, 0.2) is 0 Å². The zero-order valence-electron chi connectivity index (χ0n) is 15.1. The zero-order chi connectivity index (χ0) is 18.1. The summed E-state index contributed by atoms with van der Waals surface area (Å²) in [6.07, 6.45) is 0.427. The van der Waals surface area contributed by atoms with Gasteiger partial charge in [-0.3, -0.25) is 4.79 Å². The van der Waals surface area contributed by atoms with Crippen molar-refractivity contribution in [1.29, 1.82) is 0 Å². The molecule has 2 rings (SSSR count). The van der Waals surface area contributed by atoms with Crippen molar-refractivity contribution in [1.82, 2.24) is 5.32 Å². The number of ether oxygens (including phenoxy) is 2. The van der Waals surface area contributed by atoms with Crippen LogP contribution >= 0.6 is 0 Å². The van der Waals surface area contributed by atoms with Crippen LogP contribution < -0.4 is 20.1 Å². The molecule has 5 heteroatoms. The molecule has 0 saturated heterocycles. The second-order valence-corrected chi connectivity index (χ2v) is 5.82. The van der Waals surface area contributed by atoms with Gasteiger partial charge in [-0.25, -0.2) is 0 Å². The lowest BCUT2D eigenvalue weighted by Gasteiger charge is -2.12. The monoisotopic (exact) mass is 342 g/mol. The van der Waals surface area contributed by atoms with Crippen LogP contribution in [-0.4, -0.2) is 32.7 Å². The Morgan fingerprint density at radius 2 is 1.60 bits per heavy atom. The molecule has 2 aromatic rings. The lowest BCUT2D eigenvalue weighted by molar-refractivity contribution is -0.120. The first kappa shape index (κ1) is 18.6. The molecule has 0 heterocycles. The van der Waals surface area contributed by atoms with Gasteiger partial charge in [-0.2, -0.15) is 0 Å². The van der Waals surface area contributed by atoms with Crippen molar-refractivity contribution in [2.45, 2.75) is 20.3 Å². The van der Waals surface area contributed by atoms with E-state index in [4.69, 9.17) is 9.47 Å². The first-order chi connectivity index (χ1) is 12.1. The summed E-state index contributed by atoms with van der Waals surface area (Å²) in [5, 5.41) is 6.20. The summed E-state index contributed by atoms with van der Waals surface area (Å²) in [6.45, 7) is 5.64. The van der Waals surface area contributed by atoms with Crippen LogP contribution in [0, 0.1) is 13.8 Å². The smallest absolute Gasteiger partial charge is 0.221 e. The highest BCUT2D eigenvalue weighted by Gasteiger charge is 2.04. The van der Waals surface area contributed by atoms with Crippen LogP contribution in [0.3, 0.4) is 0 Å². The maximum absolute atomic E-state index is 11.9. The van der Waals surface area contributed by atoms with Crippen LogP contribution in [0.2, 0.25) is 0 Å². The van der Waals surface area contributed by atoms with E-state index in [0.29, 0.717) is 26.1 Å². The summed E-state index contributed by atoms with van der Waals surface area (Å²) in [7, 11) is 1.63. The van der Waals surface area contributed by atoms with Gasteiger partial charge in [0, 0.05) is 18.7 Å². The molecule has 0 aliphatic heterocycles. The van der Waals surface area contributed by atoms with E-state index in [9.17, 15) is 4.79 Å². The molecule has 0 aliphatic carbocycles. The largest absolute Gasteiger partial charge is 0.497 e. The van der Waals surface area contributed by atoms with Gasteiger partial charge < -0.3 is 20.1 Å². The molecule has 1 amide bonds. The number of carbonyl (C=O) groups excluding carboxylic acids is 1. The van der Waals surface area contributed by atoms with Crippen molar-refractivity contribution < 1.29 is 14.3 Å². The molecule has 134 valence electrons. The third-order valence-corrected chi connectivity index (χ3v) is 3.89. The maximum Gasteiger partial charge on any atom is 0.221 e. The molecule has 0 saturated carbocycles. The van der Waals surface area contributed by atoms with E-state index < -0.39 is 0 Å². The van der Waals surface area contributed by atoms with E-state index in [-0.39, 0.29) is 5.91 Å². The lowest BCUT2D eigenvalue weighted by atomic mass is 10.1. The first-order valence-electron chi connectivity index (χ1n) is 8.44. The molecule has 25 heavy (non-hydrogen) atoms. The van der Waals surface area contributed by atoms with Crippen molar-refractivity contribution in [3.63, 3.8) is 0 Å². The summed E-state index contributed by atoms with van der Waals surface area (Å²) in [6, 6.07) is 13.5. The molecule has 2 aromatic carbocycles. The quantitative estimate of drug-likeness (QED) is 0.687. The molecule has 0 radical (unpaired) electrons. The van der Waals surface area contributed by atoms with Crippen molar-refractivity contribution >= 4 is 11.6 Å². The number of hydrogen-bond acceptors (Lipinski definition) is 4. The van der Waals surface area contributed by atoms with Crippen molar-refractivity contribution in [3.05, 3.63) is 53.6 Å². The number of rotatable bonds is 9. The number of benzene rings is 2. The number of hydrogen-bond donors (Lipinski definition) is 2. The average molecular weight is 342 g/mol. The predicted molar refractivity (Wildman–Crippen MR) is 101 cm³/mol. The molecule has 0 aromatic heterocycles. The molecule has 5 nitrogen and oxygen atoms in total. The molecular formula is C20H26N2O3.